The molecule has 2 aliphatic heterocycles. The molecule has 0 spiro atoms. The molecule has 7 heteroatoms. The van der Waals surface area contributed by atoms with Gasteiger partial charge in [-0.2, -0.15) is 4.98 Å². The van der Waals surface area contributed by atoms with Crippen molar-refractivity contribution >= 4 is 17.5 Å². The number of benzene rings is 1. The maximum atomic E-state index is 13.2. The highest BCUT2D eigenvalue weighted by molar-refractivity contribution is 6.00. The van der Waals surface area contributed by atoms with Crippen LogP contribution in [0.25, 0.3) is 0 Å². The van der Waals surface area contributed by atoms with Gasteiger partial charge in [-0.05, 0) is 44.7 Å². The number of rotatable bonds is 4. The number of hydrogen-bond donors (Lipinski definition) is 0. The number of amides is 2. The van der Waals surface area contributed by atoms with Gasteiger partial charge in [0.05, 0.1) is 5.92 Å². The number of aryl methyl sites for hydroxylation is 1. The van der Waals surface area contributed by atoms with Crippen LogP contribution in [0.5, 0.6) is 0 Å². The van der Waals surface area contributed by atoms with Crippen LogP contribution in [0.4, 0.5) is 5.69 Å². The van der Waals surface area contributed by atoms with Gasteiger partial charge < -0.3 is 14.3 Å². The van der Waals surface area contributed by atoms with Gasteiger partial charge in [0.2, 0.25) is 17.7 Å². The first-order chi connectivity index (χ1) is 13.6. The van der Waals surface area contributed by atoms with Gasteiger partial charge in [0.1, 0.15) is 6.04 Å². The van der Waals surface area contributed by atoms with Crippen LogP contribution >= 0.6 is 0 Å². The summed E-state index contributed by atoms with van der Waals surface area (Å²) in [6.07, 6.45) is 4.24. The molecule has 3 heterocycles. The van der Waals surface area contributed by atoms with E-state index in [1.807, 2.05) is 36.1 Å². The molecule has 3 aliphatic rings. The molecule has 2 atom stereocenters. The van der Waals surface area contributed by atoms with E-state index in [1.54, 1.807) is 4.90 Å². The molecule has 2 aromatic rings. The largest absolute Gasteiger partial charge is 0.337 e. The highest BCUT2D eigenvalue weighted by atomic mass is 16.5. The lowest BCUT2D eigenvalue weighted by molar-refractivity contribution is -0.137. The molecule has 28 heavy (non-hydrogen) atoms. The first-order valence-electron chi connectivity index (χ1n) is 10.1. The van der Waals surface area contributed by atoms with Crippen LogP contribution in [0.3, 0.4) is 0 Å². The van der Waals surface area contributed by atoms with E-state index in [9.17, 15) is 9.59 Å². The van der Waals surface area contributed by atoms with Crippen LogP contribution in [-0.4, -0.2) is 39.9 Å². The molecule has 0 radical (unpaired) electrons. The minimum absolute atomic E-state index is 0.00626. The van der Waals surface area contributed by atoms with E-state index in [4.69, 9.17) is 4.52 Å². The van der Waals surface area contributed by atoms with Crippen molar-refractivity contribution in [3.8, 4) is 0 Å². The highest BCUT2D eigenvalue weighted by Crippen LogP contribution is 2.40. The number of hydrogen-bond acceptors (Lipinski definition) is 5. The van der Waals surface area contributed by atoms with Crippen molar-refractivity contribution in [1.29, 1.82) is 0 Å². The number of carbonyl (C=O) groups excluding carboxylic acids is 2. The minimum Gasteiger partial charge on any atom is -0.337 e. The van der Waals surface area contributed by atoms with Crippen molar-refractivity contribution in [2.75, 3.05) is 18.0 Å². The summed E-state index contributed by atoms with van der Waals surface area (Å²) in [6.45, 7) is 3.13. The summed E-state index contributed by atoms with van der Waals surface area (Å²) in [4.78, 5) is 33.9. The molecule has 2 amide bonds. The third-order valence-electron chi connectivity index (χ3n) is 6.04. The van der Waals surface area contributed by atoms with E-state index in [0.717, 1.165) is 42.8 Å². The Morgan fingerprint density at radius 2 is 1.96 bits per heavy atom. The van der Waals surface area contributed by atoms with E-state index >= 15 is 0 Å². The Bertz CT molecular complexity index is 903. The molecule has 1 aliphatic carbocycles. The molecule has 2 unspecified atom stereocenters. The summed E-state index contributed by atoms with van der Waals surface area (Å²) >= 11 is 0. The van der Waals surface area contributed by atoms with Gasteiger partial charge in [-0.3, -0.25) is 9.59 Å². The Labute approximate surface area is 163 Å². The molecule has 7 nitrogen and oxygen atoms in total. The summed E-state index contributed by atoms with van der Waals surface area (Å²) in [6, 6.07) is 7.70. The van der Waals surface area contributed by atoms with Gasteiger partial charge in [0.25, 0.3) is 0 Å². The first-order valence-corrected chi connectivity index (χ1v) is 10.1. The fourth-order valence-electron chi connectivity index (χ4n) is 4.26. The fourth-order valence-corrected chi connectivity index (χ4v) is 4.26. The van der Waals surface area contributed by atoms with Crippen LogP contribution in [-0.2, 0) is 9.59 Å². The smallest absolute Gasteiger partial charge is 0.249 e. The van der Waals surface area contributed by atoms with Gasteiger partial charge in [0, 0.05) is 31.1 Å². The predicted molar refractivity (Wildman–Crippen MR) is 102 cm³/mol. The van der Waals surface area contributed by atoms with E-state index in [2.05, 4.69) is 10.1 Å². The zero-order valence-corrected chi connectivity index (χ0v) is 16.0. The summed E-state index contributed by atoms with van der Waals surface area (Å²) in [5, 5.41) is 4.10. The molecule has 0 bridgehead atoms. The van der Waals surface area contributed by atoms with E-state index < -0.39 is 0 Å². The minimum atomic E-state index is -0.319. The second-order valence-electron chi connectivity index (χ2n) is 8.20. The Kier molecular flexibility index (Phi) is 4.18. The van der Waals surface area contributed by atoms with Crippen LogP contribution in [0.15, 0.2) is 28.8 Å². The lowest BCUT2D eigenvalue weighted by atomic mass is 10.1. The van der Waals surface area contributed by atoms with E-state index in [1.165, 1.54) is 0 Å². The Morgan fingerprint density at radius 3 is 2.71 bits per heavy atom. The third kappa shape index (κ3) is 3.08. The maximum absolute atomic E-state index is 13.2. The van der Waals surface area contributed by atoms with Crippen LogP contribution < -0.4 is 4.90 Å². The van der Waals surface area contributed by atoms with Crippen molar-refractivity contribution in [2.24, 2.45) is 5.92 Å². The van der Waals surface area contributed by atoms with Crippen LogP contribution in [0.2, 0.25) is 0 Å². The highest BCUT2D eigenvalue weighted by Gasteiger charge is 2.42. The number of anilines is 1. The standard InChI is InChI=1S/C21H24N4O3/c1-13-4-8-16(9-5-13)25-12-15(11-18(25)26)21(27)24-10-2-3-17(24)20-22-19(23-28-20)14-6-7-14/h4-5,8-9,14-15,17H,2-3,6-7,10-12H2,1H3. The molecule has 1 aromatic heterocycles. The summed E-state index contributed by atoms with van der Waals surface area (Å²) in [5.41, 5.74) is 2.00. The summed E-state index contributed by atoms with van der Waals surface area (Å²) in [7, 11) is 0. The van der Waals surface area contributed by atoms with Gasteiger partial charge in [0.15, 0.2) is 5.82 Å². The van der Waals surface area contributed by atoms with Gasteiger partial charge in [-0.25, -0.2) is 0 Å². The quantitative estimate of drug-likeness (QED) is 0.815. The third-order valence-corrected chi connectivity index (χ3v) is 6.04. The first kappa shape index (κ1) is 17.4. The van der Waals surface area contributed by atoms with Crippen molar-refractivity contribution in [3.63, 3.8) is 0 Å². The number of nitrogens with zero attached hydrogens (tertiary/aromatic N) is 4. The Balaban J connectivity index is 1.31. The number of aromatic nitrogens is 2. The average molecular weight is 380 g/mol. The zero-order valence-electron chi connectivity index (χ0n) is 16.0. The lowest BCUT2D eigenvalue weighted by Crippen LogP contribution is -2.37. The maximum Gasteiger partial charge on any atom is 0.249 e. The Morgan fingerprint density at radius 1 is 1.18 bits per heavy atom. The molecular formula is C21H24N4O3. The molecule has 1 aromatic carbocycles. The number of carbonyl (C=O) groups is 2. The molecule has 3 fully saturated rings. The normalized spacial score (nSPS) is 25.0. The number of likely N-dealkylation sites (tertiary alicyclic amines) is 1. The Hall–Kier alpha value is -2.70. The SMILES string of the molecule is Cc1ccc(N2CC(C(=O)N3CCCC3c3nc(C4CC4)no3)CC2=O)cc1. The predicted octanol–water partition coefficient (Wildman–Crippen LogP) is 2.97. The summed E-state index contributed by atoms with van der Waals surface area (Å²) < 4.78 is 5.48. The molecule has 146 valence electrons. The van der Waals surface area contributed by atoms with Crippen molar-refractivity contribution in [1.82, 2.24) is 15.0 Å². The second-order valence-corrected chi connectivity index (χ2v) is 8.20. The molecule has 2 saturated heterocycles. The molecule has 5 rings (SSSR count). The summed E-state index contributed by atoms with van der Waals surface area (Å²) in [5.74, 6) is 1.46. The van der Waals surface area contributed by atoms with Gasteiger partial charge >= 0.3 is 0 Å². The van der Waals surface area contributed by atoms with Crippen molar-refractivity contribution in [3.05, 3.63) is 41.5 Å². The second kappa shape index (κ2) is 6.72. The molecule has 0 N–H and O–H groups in total. The van der Waals surface area contributed by atoms with Gasteiger partial charge in [-0.15, -0.1) is 0 Å². The average Bonchev–Trinajstić information content (AvgIpc) is 3.10. The fraction of sp³-hybridized carbons (Fsp3) is 0.524. The topological polar surface area (TPSA) is 79.5 Å². The van der Waals surface area contributed by atoms with Crippen molar-refractivity contribution < 1.29 is 14.1 Å². The lowest BCUT2D eigenvalue weighted by Gasteiger charge is -2.25. The monoisotopic (exact) mass is 380 g/mol. The van der Waals surface area contributed by atoms with Gasteiger partial charge in [-0.1, -0.05) is 22.9 Å². The zero-order chi connectivity index (χ0) is 19.3. The van der Waals surface area contributed by atoms with E-state index in [0.29, 0.717) is 24.9 Å². The van der Waals surface area contributed by atoms with Crippen molar-refractivity contribution in [2.45, 2.75) is 51.0 Å². The molecular weight excluding hydrogens is 356 g/mol. The van der Waals surface area contributed by atoms with Crippen LogP contribution in [0.1, 0.15) is 61.3 Å². The van der Waals surface area contributed by atoms with Crippen LogP contribution in [0, 0.1) is 12.8 Å². The molecule has 1 saturated carbocycles. The van der Waals surface area contributed by atoms with E-state index in [-0.39, 0.29) is 30.2 Å².